The third kappa shape index (κ3) is 2.19. The van der Waals surface area contributed by atoms with Crippen molar-refractivity contribution in [3.05, 3.63) is 24.3 Å². The zero-order valence-electron chi connectivity index (χ0n) is 10.8. The molecule has 3 atom stereocenters. The van der Waals surface area contributed by atoms with Crippen LogP contribution < -0.4 is 10.2 Å². The standard InChI is InChI=1S/C13H18N2O3S/c1-9-6-14-10-4-2-3-5-11(10)15(9)12-7-19(17,18)8-13(12)16/h2-5,9,12-14,16H,6-8H2,1H3. The van der Waals surface area contributed by atoms with Crippen molar-refractivity contribution in [3.63, 3.8) is 0 Å². The number of para-hydroxylation sites is 2. The maximum atomic E-state index is 11.7. The van der Waals surface area contributed by atoms with Gasteiger partial charge in [0.15, 0.2) is 9.84 Å². The van der Waals surface area contributed by atoms with E-state index in [1.807, 2.05) is 31.2 Å². The van der Waals surface area contributed by atoms with E-state index < -0.39 is 15.9 Å². The molecule has 0 aliphatic carbocycles. The summed E-state index contributed by atoms with van der Waals surface area (Å²) in [6.45, 7) is 2.79. The van der Waals surface area contributed by atoms with Gasteiger partial charge in [-0.15, -0.1) is 0 Å². The zero-order valence-corrected chi connectivity index (χ0v) is 11.6. The molecule has 0 amide bonds. The molecule has 19 heavy (non-hydrogen) atoms. The molecule has 2 N–H and O–H groups in total. The van der Waals surface area contributed by atoms with Crippen molar-refractivity contribution in [1.29, 1.82) is 0 Å². The Labute approximate surface area is 113 Å². The van der Waals surface area contributed by atoms with E-state index in [0.29, 0.717) is 0 Å². The number of nitrogens with zero attached hydrogens (tertiary/aromatic N) is 1. The van der Waals surface area contributed by atoms with Gasteiger partial charge in [-0.05, 0) is 19.1 Å². The van der Waals surface area contributed by atoms with E-state index in [2.05, 4.69) is 10.2 Å². The Kier molecular flexibility index (Phi) is 2.94. The third-order valence-electron chi connectivity index (χ3n) is 3.90. The minimum absolute atomic E-state index is 0.0346. The minimum atomic E-state index is -3.13. The highest BCUT2D eigenvalue weighted by Gasteiger charge is 2.42. The topological polar surface area (TPSA) is 69.6 Å². The lowest BCUT2D eigenvalue weighted by molar-refractivity contribution is 0.175. The van der Waals surface area contributed by atoms with Crippen LogP contribution in [-0.4, -0.2) is 49.8 Å². The molecule has 2 aliphatic rings. The van der Waals surface area contributed by atoms with Gasteiger partial charge in [0.05, 0.1) is 35.0 Å². The molecule has 104 valence electrons. The molecule has 1 fully saturated rings. The second kappa shape index (κ2) is 4.38. The van der Waals surface area contributed by atoms with Gasteiger partial charge in [-0.1, -0.05) is 12.1 Å². The number of rotatable bonds is 1. The smallest absolute Gasteiger partial charge is 0.155 e. The fraction of sp³-hybridized carbons (Fsp3) is 0.538. The lowest BCUT2D eigenvalue weighted by Crippen LogP contribution is -2.52. The maximum absolute atomic E-state index is 11.7. The second-order valence-electron chi connectivity index (χ2n) is 5.37. The Hall–Kier alpha value is -1.27. The van der Waals surface area contributed by atoms with Gasteiger partial charge in [0, 0.05) is 12.6 Å². The van der Waals surface area contributed by atoms with Crippen LogP contribution >= 0.6 is 0 Å². The Morgan fingerprint density at radius 2 is 2.05 bits per heavy atom. The molecule has 0 bridgehead atoms. The molecule has 0 radical (unpaired) electrons. The van der Waals surface area contributed by atoms with Gasteiger partial charge in [0.1, 0.15) is 0 Å². The second-order valence-corrected chi connectivity index (χ2v) is 7.52. The number of fused-ring (bicyclic) bond motifs is 1. The Morgan fingerprint density at radius 1 is 1.32 bits per heavy atom. The summed E-state index contributed by atoms with van der Waals surface area (Å²) in [6.07, 6.45) is -0.807. The molecule has 1 aromatic rings. The Balaban J connectivity index is 2.00. The van der Waals surface area contributed by atoms with Crippen molar-refractivity contribution in [3.8, 4) is 0 Å². The molecule has 3 unspecified atom stereocenters. The van der Waals surface area contributed by atoms with E-state index in [1.54, 1.807) is 0 Å². The molecule has 1 saturated heterocycles. The average Bonchev–Trinajstić information content (AvgIpc) is 2.62. The van der Waals surface area contributed by atoms with Crippen LogP contribution in [0.3, 0.4) is 0 Å². The number of hydrogen-bond donors (Lipinski definition) is 2. The quantitative estimate of drug-likeness (QED) is 0.783. The van der Waals surface area contributed by atoms with Crippen LogP contribution in [0.25, 0.3) is 0 Å². The van der Waals surface area contributed by atoms with E-state index in [-0.39, 0.29) is 23.6 Å². The van der Waals surface area contributed by atoms with Crippen molar-refractivity contribution >= 4 is 21.2 Å². The predicted octanol–water partition coefficient (Wildman–Crippen LogP) is 0.465. The highest BCUT2D eigenvalue weighted by atomic mass is 32.2. The van der Waals surface area contributed by atoms with Gasteiger partial charge >= 0.3 is 0 Å². The SMILES string of the molecule is CC1CNc2ccccc2N1C1CS(=O)(=O)CC1O. The van der Waals surface area contributed by atoms with E-state index >= 15 is 0 Å². The van der Waals surface area contributed by atoms with Crippen molar-refractivity contribution < 1.29 is 13.5 Å². The maximum Gasteiger partial charge on any atom is 0.155 e. The summed E-state index contributed by atoms with van der Waals surface area (Å²) >= 11 is 0. The summed E-state index contributed by atoms with van der Waals surface area (Å²) in [5.74, 6) is -0.0939. The highest BCUT2D eigenvalue weighted by molar-refractivity contribution is 7.91. The van der Waals surface area contributed by atoms with Crippen LogP contribution in [0, 0.1) is 0 Å². The van der Waals surface area contributed by atoms with E-state index in [1.165, 1.54) is 0 Å². The van der Waals surface area contributed by atoms with Crippen LogP contribution in [0.15, 0.2) is 24.3 Å². The number of sulfone groups is 1. The summed E-state index contributed by atoms with van der Waals surface area (Å²) in [4.78, 5) is 2.06. The molecule has 0 saturated carbocycles. The molecule has 2 heterocycles. The van der Waals surface area contributed by atoms with Gasteiger partial charge in [-0.25, -0.2) is 8.42 Å². The summed E-state index contributed by atoms with van der Waals surface area (Å²) < 4.78 is 23.4. The van der Waals surface area contributed by atoms with Gasteiger partial charge in [0.25, 0.3) is 0 Å². The van der Waals surface area contributed by atoms with E-state index in [9.17, 15) is 13.5 Å². The van der Waals surface area contributed by atoms with Crippen molar-refractivity contribution in [2.24, 2.45) is 0 Å². The first-order valence-corrected chi connectivity index (χ1v) is 8.30. The molecule has 2 aliphatic heterocycles. The first-order chi connectivity index (χ1) is 8.98. The van der Waals surface area contributed by atoms with Crippen molar-refractivity contribution in [2.45, 2.75) is 25.1 Å². The van der Waals surface area contributed by atoms with Crippen LogP contribution in [0.2, 0.25) is 0 Å². The fourth-order valence-corrected chi connectivity index (χ4v) is 4.81. The molecule has 6 heteroatoms. The highest BCUT2D eigenvalue weighted by Crippen LogP contribution is 2.35. The number of aliphatic hydroxyl groups is 1. The molecular weight excluding hydrogens is 264 g/mol. The first-order valence-electron chi connectivity index (χ1n) is 6.48. The predicted molar refractivity (Wildman–Crippen MR) is 75.3 cm³/mol. The summed E-state index contributed by atoms with van der Waals surface area (Å²) in [7, 11) is -3.13. The molecule has 5 nitrogen and oxygen atoms in total. The number of anilines is 2. The van der Waals surface area contributed by atoms with Gasteiger partial charge in [-0.2, -0.15) is 0 Å². The summed E-state index contributed by atoms with van der Waals surface area (Å²) in [6, 6.07) is 7.63. The lowest BCUT2D eigenvalue weighted by atomic mass is 10.0. The molecule has 1 aromatic carbocycles. The molecule has 3 rings (SSSR count). The number of aliphatic hydroxyl groups excluding tert-OH is 1. The van der Waals surface area contributed by atoms with E-state index in [0.717, 1.165) is 17.9 Å². The monoisotopic (exact) mass is 282 g/mol. The summed E-state index contributed by atoms with van der Waals surface area (Å²) in [5.41, 5.74) is 1.97. The molecular formula is C13H18N2O3S. The normalized spacial score (nSPS) is 32.7. The van der Waals surface area contributed by atoms with Gasteiger partial charge in [-0.3, -0.25) is 0 Å². The van der Waals surface area contributed by atoms with Crippen LogP contribution in [-0.2, 0) is 9.84 Å². The summed E-state index contributed by atoms with van der Waals surface area (Å²) in [5, 5.41) is 13.4. The zero-order chi connectivity index (χ0) is 13.6. The first kappa shape index (κ1) is 12.7. The Morgan fingerprint density at radius 3 is 2.74 bits per heavy atom. The third-order valence-corrected chi connectivity index (χ3v) is 5.59. The van der Waals surface area contributed by atoms with E-state index in [4.69, 9.17) is 0 Å². The van der Waals surface area contributed by atoms with Crippen molar-refractivity contribution in [1.82, 2.24) is 0 Å². The van der Waals surface area contributed by atoms with Gasteiger partial charge < -0.3 is 15.3 Å². The Bertz CT molecular complexity index is 587. The van der Waals surface area contributed by atoms with Gasteiger partial charge in [0.2, 0.25) is 0 Å². The number of nitrogens with one attached hydrogen (secondary N) is 1. The number of benzene rings is 1. The van der Waals surface area contributed by atoms with Crippen LogP contribution in [0.5, 0.6) is 0 Å². The largest absolute Gasteiger partial charge is 0.390 e. The van der Waals surface area contributed by atoms with Crippen LogP contribution in [0.1, 0.15) is 6.92 Å². The molecule has 0 spiro atoms. The average molecular weight is 282 g/mol. The fourth-order valence-electron chi connectivity index (χ4n) is 3.02. The van der Waals surface area contributed by atoms with Crippen LogP contribution in [0.4, 0.5) is 11.4 Å². The number of hydrogen-bond acceptors (Lipinski definition) is 5. The molecule has 0 aromatic heterocycles. The minimum Gasteiger partial charge on any atom is -0.390 e. The lowest BCUT2D eigenvalue weighted by Gasteiger charge is -2.42. The van der Waals surface area contributed by atoms with Crippen molar-refractivity contribution in [2.75, 3.05) is 28.3 Å².